The van der Waals surface area contributed by atoms with Crippen molar-refractivity contribution in [2.24, 2.45) is 5.73 Å². The van der Waals surface area contributed by atoms with Crippen LogP contribution in [0.3, 0.4) is 0 Å². The Labute approximate surface area is 269 Å². The number of rotatable bonds is 6. The zero-order valence-electron chi connectivity index (χ0n) is 26.4. The number of ether oxygens (including phenoxy) is 2. The fourth-order valence-corrected chi connectivity index (χ4v) is 9.80. The second-order valence-corrected chi connectivity index (χ2v) is 14.7. The molecule has 3 saturated heterocycles. The number of nitrogens with one attached hydrogen (secondary N) is 1. The van der Waals surface area contributed by atoms with Crippen LogP contribution in [-0.2, 0) is 16.6 Å². The van der Waals surface area contributed by atoms with E-state index < -0.39 is 5.41 Å². The molecule has 0 aromatic carbocycles. The molecule has 5 N–H and O–H groups in total. The number of hydrogen-bond donors (Lipinski definition) is 3. The van der Waals surface area contributed by atoms with Crippen LogP contribution in [0.25, 0.3) is 0 Å². The van der Waals surface area contributed by atoms with Gasteiger partial charge in [0.05, 0.1) is 17.7 Å². The van der Waals surface area contributed by atoms with Crippen molar-refractivity contribution in [3.63, 3.8) is 0 Å². The van der Waals surface area contributed by atoms with Gasteiger partial charge in [0.2, 0.25) is 17.5 Å². The van der Waals surface area contributed by atoms with E-state index in [1.54, 1.807) is 0 Å². The van der Waals surface area contributed by atoms with E-state index in [1.165, 1.54) is 11.3 Å². The molecule has 2 aromatic heterocycles. The maximum Gasteiger partial charge on any atom is 0.228 e. The lowest BCUT2D eigenvalue weighted by molar-refractivity contribution is 0.0998. The summed E-state index contributed by atoms with van der Waals surface area (Å²) in [5.74, 6) is 0.943. The third-order valence-electron chi connectivity index (χ3n) is 11.0. The molecule has 5 heterocycles. The van der Waals surface area contributed by atoms with Crippen molar-refractivity contribution in [2.75, 3.05) is 57.1 Å². The second-order valence-electron chi connectivity index (χ2n) is 13.5. The SMILES string of the molecule is C[C@H](Oc1cc(N2CCNC[C@]23CCOC3)nc(C(=O)C2=C(N)[C@@]3(CCC2)CCCc2sc(N)c(C#N)c23)n1)[C@@H]1CCCN1C. The molecule has 0 unspecified atom stereocenters. The monoisotopic (exact) mass is 632 g/mol. The van der Waals surface area contributed by atoms with Gasteiger partial charge in [-0.25, -0.2) is 4.98 Å². The van der Waals surface area contributed by atoms with Gasteiger partial charge in [0, 0.05) is 59.9 Å². The van der Waals surface area contributed by atoms with Crippen molar-refractivity contribution in [1.29, 1.82) is 5.26 Å². The Morgan fingerprint density at radius 2 is 2.04 bits per heavy atom. The lowest BCUT2D eigenvalue weighted by Gasteiger charge is -2.45. The number of nitrogen functional groups attached to an aromatic ring is 1. The Bertz CT molecular complexity index is 1560. The minimum absolute atomic E-state index is 0.105. The average Bonchev–Trinajstić information content (AvgIpc) is 3.77. The number of carbonyl (C=O) groups is 1. The van der Waals surface area contributed by atoms with Gasteiger partial charge in [-0.1, -0.05) is 0 Å². The van der Waals surface area contributed by atoms with E-state index in [0.29, 0.717) is 53.2 Å². The van der Waals surface area contributed by atoms with Crippen molar-refractivity contribution in [3.8, 4) is 11.9 Å². The standard InChI is InChI=1S/C33H44N8O3S/c1-20(23-7-5-13-40(23)2)44-26-16-25(41-14-12-37-18-32(41)11-15-43-19-32)38-31(39-26)28(42)21-6-3-9-33(29(21)35)10-4-8-24-27(33)22(17-34)30(36)45-24/h16,20,23,37H,3-15,18-19,35-36H2,1-2H3/t20-,23-,32-,33-/m0/s1. The number of fused-ring (bicyclic) bond motifs is 2. The topological polar surface area (TPSA) is 156 Å². The number of Topliss-reactive ketones (excluding diaryl/α,β-unsaturated/α-hetero) is 1. The van der Waals surface area contributed by atoms with Crippen LogP contribution in [0.15, 0.2) is 17.3 Å². The van der Waals surface area contributed by atoms with Crippen LogP contribution >= 0.6 is 11.3 Å². The Kier molecular flexibility index (Phi) is 8.01. The number of nitriles is 1. The molecule has 0 amide bonds. The molecule has 0 bridgehead atoms. The van der Waals surface area contributed by atoms with Crippen LogP contribution in [0, 0.1) is 11.3 Å². The second kappa shape index (κ2) is 11.8. The number of ketones is 1. The normalized spacial score (nSPS) is 29.3. The van der Waals surface area contributed by atoms with Gasteiger partial charge in [-0.05, 0) is 83.9 Å². The number of likely N-dealkylation sites (tertiary alicyclic amines) is 1. The zero-order chi connectivity index (χ0) is 31.3. The maximum absolute atomic E-state index is 14.5. The first-order valence-electron chi connectivity index (χ1n) is 16.4. The Morgan fingerprint density at radius 3 is 2.78 bits per heavy atom. The smallest absolute Gasteiger partial charge is 0.228 e. The molecule has 2 spiro atoms. The van der Waals surface area contributed by atoms with Crippen molar-refractivity contribution >= 4 is 27.9 Å². The van der Waals surface area contributed by atoms with E-state index >= 15 is 0 Å². The first-order chi connectivity index (χ1) is 21.8. The summed E-state index contributed by atoms with van der Waals surface area (Å²) >= 11 is 1.49. The summed E-state index contributed by atoms with van der Waals surface area (Å²) in [6, 6.07) is 4.52. The number of thiophene rings is 1. The Balaban J connectivity index is 1.30. The van der Waals surface area contributed by atoms with Gasteiger partial charge in [0.1, 0.15) is 23.0 Å². The Morgan fingerprint density at radius 1 is 1.22 bits per heavy atom. The van der Waals surface area contributed by atoms with E-state index in [2.05, 4.69) is 35.2 Å². The summed E-state index contributed by atoms with van der Waals surface area (Å²) in [7, 11) is 2.13. The van der Waals surface area contributed by atoms with Crippen LogP contribution in [0.4, 0.5) is 10.8 Å². The molecule has 3 aliphatic heterocycles. The molecular weight excluding hydrogens is 588 g/mol. The Hall–Kier alpha value is -3.24. The maximum atomic E-state index is 14.5. The minimum atomic E-state index is -0.571. The van der Waals surface area contributed by atoms with Gasteiger partial charge in [-0.3, -0.25) is 9.69 Å². The van der Waals surface area contributed by atoms with E-state index in [-0.39, 0.29) is 29.3 Å². The predicted octanol–water partition coefficient (Wildman–Crippen LogP) is 3.28. The summed E-state index contributed by atoms with van der Waals surface area (Å²) in [5, 5.41) is 14.1. The number of nitrogens with two attached hydrogens (primary N) is 2. The molecule has 12 heteroatoms. The molecule has 5 aliphatic rings. The van der Waals surface area contributed by atoms with Gasteiger partial charge in [0.25, 0.3) is 0 Å². The molecule has 0 saturated carbocycles. The molecule has 0 radical (unpaired) electrons. The van der Waals surface area contributed by atoms with E-state index in [9.17, 15) is 10.1 Å². The van der Waals surface area contributed by atoms with E-state index in [0.717, 1.165) is 88.0 Å². The highest BCUT2D eigenvalue weighted by molar-refractivity contribution is 7.16. The zero-order valence-corrected chi connectivity index (χ0v) is 27.2. The first-order valence-corrected chi connectivity index (χ1v) is 17.3. The minimum Gasteiger partial charge on any atom is -0.473 e. The van der Waals surface area contributed by atoms with Crippen molar-refractivity contribution in [1.82, 2.24) is 20.2 Å². The number of allylic oxidation sites excluding steroid dienone is 2. The van der Waals surface area contributed by atoms with Crippen molar-refractivity contribution in [2.45, 2.75) is 87.8 Å². The quantitative estimate of drug-likeness (QED) is 0.402. The summed E-state index contributed by atoms with van der Waals surface area (Å²) in [5.41, 5.74) is 15.1. The molecule has 4 atom stereocenters. The lowest BCUT2D eigenvalue weighted by atomic mass is 9.62. The molecule has 2 aliphatic carbocycles. The van der Waals surface area contributed by atoms with Crippen molar-refractivity contribution in [3.05, 3.63) is 39.2 Å². The molecule has 2 aromatic rings. The van der Waals surface area contributed by atoms with E-state index in [4.69, 9.17) is 30.9 Å². The van der Waals surface area contributed by atoms with Crippen LogP contribution in [0.1, 0.15) is 84.9 Å². The molecule has 3 fully saturated rings. The average molecular weight is 633 g/mol. The summed E-state index contributed by atoms with van der Waals surface area (Å²) in [6.45, 7) is 6.74. The van der Waals surface area contributed by atoms with Gasteiger partial charge in [-0.2, -0.15) is 10.2 Å². The molecule has 7 rings (SSSR count). The number of nitrogens with zero attached hydrogens (tertiary/aromatic N) is 5. The van der Waals surface area contributed by atoms with Gasteiger partial charge in [0.15, 0.2) is 0 Å². The molecule has 240 valence electrons. The number of anilines is 2. The van der Waals surface area contributed by atoms with Crippen LogP contribution in [-0.4, -0.2) is 84.8 Å². The number of piperazine rings is 1. The van der Waals surface area contributed by atoms with Gasteiger partial charge >= 0.3 is 0 Å². The molecule has 11 nitrogen and oxygen atoms in total. The number of hydrogen-bond acceptors (Lipinski definition) is 12. The first kappa shape index (κ1) is 30.4. The third-order valence-corrected chi connectivity index (χ3v) is 12.0. The van der Waals surface area contributed by atoms with Crippen LogP contribution in [0.5, 0.6) is 5.88 Å². The summed E-state index contributed by atoms with van der Waals surface area (Å²) in [6.07, 6.45) is 7.69. The molecular formula is C33H44N8O3S. The van der Waals surface area contributed by atoms with Crippen molar-refractivity contribution < 1.29 is 14.3 Å². The highest BCUT2D eigenvalue weighted by atomic mass is 32.1. The predicted molar refractivity (Wildman–Crippen MR) is 174 cm³/mol. The van der Waals surface area contributed by atoms with Crippen LogP contribution in [0.2, 0.25) is 0 Å². The highest BCUT2D eigenvalue weighted by Gasteiger charge is 2.47. The van der Waals surface area contributed by atoms with E-state index in [1.807, 2.05) is 6.07 Å². The summed E-state index contributed by atoms with van der Waals surface area (Å²) < 4.78 is 12.4. The fraction of sp³-hybridized carbons (Fsp3) is 0.636. The van der Waals surface area contributed by atoms with Gasteiger partial charge in [-0.15, -0.1) is 11.3 Å². The highest BCUT2D eigenvalue weighted by Crippen LogP contribution is 2.53. The number of likely N-dealkylation sites (N-methyl/N-ethyl adjacent to an activating group) is 1. The van der Waals surface area contributed by atoms with Gasteiger partial charge < -0.3 is 31.2 Å². The largest absolute Gasteiger partial charge is 0.473 e. The third kappa shape index (κ3) is 5.08. The fourth-order valence-electron chi connectivity index (χ4n) is 8.64. The lowest BCUT2D eigenvalue weighted by Crippen LogP contribution is -2.62. The number of aromatic nitrogens is 2. The summed E-state index contributed by atoms with van der Waals surface area (Å²) in [4.78, 5) is 30.0. The number of carbonyl (C=O) groups excluding carboxylic acids is 1. The molecule has 45 heavy (non-hydrogen) atoms. The number of aryl methyl sites for hydroxylation is 1. The van der Waals surface area contributed by atoms with Crippen LogP contribution < -0.4 is 26.4 Å².